The second-order valence-corrected chi connectivity index (χ2v) is 5.62. The fourth-order valence-electron chi connectivity index (χ4n) is 2.62. The molecule has 0 aliphatic carbocycles. The van der Waals surface area contributed by atoms with Crippen molar-refractivity contribution in [2.24, 2.45) is 5.92 Å². The molecule has 2 aromatic rings. The van der Waals surface area contributed by atoms with E-state index in [1.165, 1.54) is 12.1 Å². The predicted octanol–water partition coefficient (Wildman–Crippen LogP) is 5.26. The van der Waals surface area contributed by atoms with Gasteiger partial charge in [0, 0.05) is 37.4 Å². The van der Waals surface area contributed by atoms with E-state index >= 15 is 0 Å². The van der Waals surface area contributed by atoms with Gasteiger partial charge in [0.15, 0.2) is 0 Å². The lowest BCUT2D eigenvalue weighted by molar-refractivity contribution is -0.137. The molecule has 0 bridgehead atoms. The molecule has 1 aliphatic heterocycles. The molecule has 154 valence electrons. The fourth-order valence-corrected chi connectivity index (χ4v) is 2.62. The lowest BCUT2D eigenvalue weighted by Gasteiger charge is -2.16. The maximum Gasteiger partial charge on any atom is 0.416 e. The smallest absolute Gasteiger partial charge is 0.350 e. The van der Waals surface area contributed by atoms with Gasteiger partial charge in [-0.1, -0.05) is 52.0 Å². The van der Waals surface area contributed by atoms with Crippen LogP contribution in [-0.2, 0) is 6.18 Å². The first-order chi connectivity index (χ1) is 13.5. The number of nitrogens with one attached hydrogen (secondary N) is 2. The van der Waals surface area contributed by atoms with E-state index in [9.17, 15) is 13.2 Å². The van der Waals surface area contributed by atoms with Crippen molar-refractivity contribution in [1.82, 2.24) is 15.3 Å². The van der Waals surface area contributed by atoms with Gasteiger partial charge in [-0.05, 0) is 23.8 Å². The number of halogens is 3. The number of benzene rings is 1. The minimum atomic E-state index is -4.30. The van der Waals surface area contributed by atoms with E-state index in [2.05, 4.69) is 20.6 Å². The Bertz CT molecular complexity index is 685. The van der Waals surface area contributed by atoms with Crippen LogP contribution in [0.4, 0.5) is 19.1 Å². The van der Waals surface area contributed by atoms with Crippen LogP contribution in [0, 0.1) is 5.92 Å². The van der Waals surface area contributed by atoms with E-state index in [0.29, 0.717) is 5.95 Å². The van der Waals surface area contributed by atoms with Crippen molar-refractivity contribution in [3.8, 4) is 0 Å². The quantitative estimate of drug-likeness (QED) is 0.743. The average molecular weight is 394 g/mol. The molecule has 0 amide bonds. The molecule has 2 unspecified atom stereocenters. The highest BCUT2D eigenvalue weighted by molar-refractivity contribution is 5.50. The van der Waals surface area contributed by atoms with Gasteiger partial charge in [0.1, 0.15) is 0 Å². The van der Waals surface area contributed by atoms with Gasteiger partial charge in [-0.25, -0.2) is 9.97 Å². The topological polar surface area (TPSA) is 49.8 Å². The van der Waals surface area contributed by atoms with Gasteiger partial charge in [-0.2, -0.15) is 13.2 Å². The first-order valence-electron chi connectivity index (χ1n) is 9.62. The third kappa shape index (κ3) is 7.31. The Hall–Kier alpha value is -2.41. The van der Waals surface area contributed by atoms with Crippen molar-refractivity contribution in [2.75, 3.05) is 18.4 Å². The monoisotopic (exact) mass is 394 g/mol. The number of rotatable bonds is 4. The van der Waals surface area contributed by atoms with E-state index in [0.717, 1.165) is 30.8 Å². The maximum atomic E-state index is 12.6. The second kappa shape index (κ2) is 12.1. The molecular formula is C21H29F3N4. The van der Waals surface area contributed by atoms with Gasteiger partial charge >= 0.3 is 6.18 Å². The second-order valence-electron chi connectivity index (χ2n) is 5.62. The average Bonchev–Trinajstić information content (AvgIpc) is 3.17. The highest BCUT2D eigenvalue weighted by Gasteiger charge is 2.30. The summed E-state index contributed by atoms with van der Waals surface area (Å²) in [7, 11) is 0. The standard InChI is InChI=1S/C17H17F3N4.2C2H6/c18-17(19,20)14-6-3-12(4-7-14)2-5-13-10-21-11-15(13)24-16-22-8-1-9-23-16;2*1-2/h1-9,13,15,21H,10-11H2,(H,22,23,24);2*1-2H3/b5-2+;;. The lowest BCUT2D eigenvalue weighted by atomic mass is 10.0. The number of anilines is 1. The number of aromatic nitrogens is 2. The van der Waals surface area contributed by atoms with Gasteiger partial charge in [0.05, 0.1) is 5.56 Å². The molecule has 0 saturated carbocycles. The van der Waals surface area contributed by atoms with Crippen molar-refractivity contribution in [3.63, 3.8) is 0 Å². The Morgan fingerprint density at radius 1 is 1.00 bits per heavy atom. The summed E-state index contributed by atoms with van der Waals surface area (Å²) in [4.78, 5) is 8.29. The summed E-state index contributed by atoms with van der Waals surface area (Å²) >= 11 is 0. The molecule has 1 aromatic carbocycles. The van der Waals surface area contributed by atoms with Crippen molar-refractivity contribution < 1.29 is 13.2 Å². The molecule has 0 spiro atoms. The third-order valence-corrected chi connectivity index (χ3v) is 3.92. The zero-order valence-corrected chi connectivity index (χ0v) is 16.8. The summed E-state index contributed by atoms with van der Waals surface area (Å²) in [6, 6.07) is 7.04. The van der Waals surface area contributed by atoms with Crippen LogP contribution in [0.5, 0.6) is 0 Å². The fraction of sp³-hybridized carbons (Fsp3) is 0.429. The Morgan fingerprint density at radius 3 is 2.18 bits per heavy atom. The molecular weight excluding hydrogens is 365 g/mol. The summed E-state index contributed by atoms with van der Waals surface area (Å²) in [5.74, 6) is 0.773. The first kappa shape index (κ1) is 23.6. The van der Waals surface area contributed by atoms with E-state index < -0.39 is 11.7 Å². The molecule has 7 heteroatoms. The molecule has 3 rings (SSSR count). The molecule has 1 fully saturated rings. The van der Waals surface area contributed by atoms with Crippen molar-refractivity contribution in [1.29, 1.82) is 0 Å². The molecule has 0 radical (unpaired) electrons. The van der Waals surface area contributed by atoms with Crippen molar-refractivity contribution >= 4 is 12.0 Å². The van der Waals surface area contributed by atoms with Gasteiger partial charge in [-0.3, -0.25) is 0 Å². The summed E-state index contributed by atoms with van der Waals surface area (Å²) in [5, 5.41) is 6.56. The number of nitrogens with zero attached hydrogens (tertiary/aromatic N) is 2. The normalized spacial score (nSPS) is 18.7. The van der Waals surface area contributed by atoms with E-state index in [-0.39, 0.29) is 12.0 Å². The maximum absolute atomic E-state index is 12.6. The minimum absolute atomic E-state index is 0.137. The molecule has 2 N–H and O–H groups in total. The van der Waals surface area contributed by atoms with E-state index in [1.807, 2.05) is 39.8 Å². The molecule has 1 aliphatic rings. The Kier molecular flexibility index (Phi) is 10.2. The van der Waals surface area contributed by atoms with Gasteiger partial charge < -0.3 is 10.6 Å². The number of alkyl halides is 3. The van der Waals surface area contributed by atoms with Crippen LogP contribution in [0.2, 0.25) is 0 Å². The number of hydrogen-bond donors (Lipinski definition) is 2. The van der Waals surface area contributed by atoms with Gasteiger partial charge in [-0.15, -0.1) is 0 Å². The van der Waals surface area contributed by atoms with Crippen LogP contribution in [0.1, 0.15) is 38.8 Å². The molecule has 1 saturated heterocycles. The van der Waals surface area contributed by atoms with Crippen LogP contribution in [0.25, 0.3) is 6.08 Å². The Balaban J connectivity index is 0.000000921. The zero-order chi connectivity index (χ0) is 21.0. The predicted molar refractivity (Wildman–Crippen MR) is 109 cm³/mol. The number of hydrogen-bond acceptors (Lipinski definition) is 4. The molecule has 1 aromatic heterocycles. The van der Waals surface area contributed by atoms with E-state index in [4.69, 9.17) is 0 Å². The summed E-state index contributed by atoms with van der Waals surface area (Å²) < 4.78 is 37.7. The van der Waals surface area contributed by atoms with Crippen LogP contribution in [0.15, 0.2) is 48.8 Å². The van der Waals surface area contributed by atoms with Crippen LogP contribution >= 0.6 is 0 Å². The molecule has 28 heavy (non-hydrogen) atoms. The molecule has 4 nitrogen and oxygen atoms in total. The van der Waals surface area contributed by atoms with Crippen LogP contribution < -0.4 is 10.6 Å². The summed E-state index contributed by atoms with van der Waals surface area (Å²) in [6.45, 7) is 9.57. The lowest BCUT2D eigenvalue weighted by Crippen LogP contribution is -2.28. The highest BCUT2D eigenvalue weighted by Crippen LogP contribution is 2.29. The van der Waals surface area contributed by atoms with Gasteiger partial charge in [0.25, 0.3) is 0 Å². The largest absolute Gasteiger partial charge is 0.416 e. The Morgan fingerprint density at radius 2 is 1.61 bits per heavy atom. The third-order valence-electron chi connectivity index (χ3n) is 3.92. The Labute approximate surface area is 165 Å². The highest BCUT2D eigenvalue weighted by atomic mass is 19.4. The summed E-state index contributed by atoms with van der Waals surface area (Å²) in [5.41, 5.74) is 0.104. The van der Waals surface area contributed by atoms with Crippen LogP contribution in [0.3, 0.4) is 0 Å². The summed E-state index contributed by atoms with van der Waals surface area (Å²) in [6.07, 6.45) is 2.89. The first-order valence-corrected chi connectivity index (χ1v) is 9.62. The van der Waals surface area contributed by atoms with Crippen LogP contribution in [-0.4, -0.2) is 29.1 Å². The van der Waals surface area contributed by atoms with Crippen molar-refractivity contribution in [2.45, 2.75) is 39.9 Å². The SMILES string of the molecule is CC.CC.FC(F)(F)c1ccc(/C=C/C2CNCC2Nc2ncccn2)cc1. The van der Waals surface area contributed by atoms with E-state index in [1.54, 1.807) is 18.5 Å². The molecule has 2 heterocycles. The van der Waals surface area contributed by atoms with Crippen molar-refractivity contribution in [3.05, 3.63) is 59.9 Å². The molecule has 2 atom stereocenters. The van der Waals surface area contributed by atoms with Gasteiger partial charge in [0.2, 0.25) is 5.95 Å². The minimum Gasteiger partial charge on any atom is -0.350 e. The zero-order valence-electron chi connectivity index (χ0n) is 16.8.